The van der Waals surface area contributed by atoms with E-state index in [1.54, 1.807) is 0 Å². The van der Waals surface area contributed by atoms with Gasteiger partial charge in [-0.25, -0.2) is 0 Å². The van der Waals surface area contributed by atoms with Crippen molar-refractivity contribution < 1.29 is 0 Å². The molecule has 21 heavy (non-hydrogen) atoms. The van der Waals surface area contributed by atoms with Crippen molar-refractivity contribution in [1.29, 1.82) is 0 Å². The molecule has 1 N–H and O–H groups in total. The first-order chi connectivity index (χ1) is 10.1. The van der Waals surface area contributed by atoms with Crippen LogP contribution in [0.1, 0.15) is 51.0 Å². The minimum absolute atomic E-state index is 0.579. The molecular formula is C19H26ClN. The summed E-state index contributed by atoms with van der Waals surface area (Å²) in [5, 5.41) is 4.70. The van der Waals surface area contributed by atoms with Crippen LogP contribution in [-0.2, 0) is 6.54 Å². The van der Waals surface area contributed by atoms with Crippen molar-refractivity contribution in [3.05, 3.63) is 34.9 Å². The van der Waals surface area contributed by atoms with Gasteiger partial charge in [-0.05, 0) is 80.2 Å². The molecule has 0 amide bonds. The highest BCUT2D eigenvalue weighted by Crippen LogP contribution is 2.61. The molecule has 4 bridgehead atoms. The molecule has 0 unspecified atom stereocenters. The molecule has 0 heterocycles. The molecule has 0 radical (unpaired) electrons. The highest BCUT2D eigenvalue weighted by molar-refractivity contribution is 6.31. The van der Waals surface area contributed by atoms with Crippen LogP contribution in [0.2, 0.25) is 5.02 Å². The van der Waals surface area contributed by atoms with Crippen molar-refractivity contribution in [3.63, 3.8) is 0 Å². The zero-order valence-electron chi connectivity index (χ0n) is 12.9. The molecule has 1 atom stereocenters. The van der Waals surface area contributed by atoms with Gasteiger partial charge in [0.2, 0.25) is 0 Å². The number of benzene rings is 1. The third-order valence-corrected chi connectivity index (χ3v) is 6.93. The highest BCUT2D eigenvalue weighted by atomic mass is 35.5. The van der Waals surface area contributed by atoms with Gasteiger partial charge in [-0.2, -0.15) is 0 Å². The monoisotopic (exact) mass is 303 g/mol. The lowest BCUT2D eigenvalue weighted by molar-refractivity contribution is -0.0706. The Morgan fingerprint density at radius 3 is 2.24 bits per heavy atom. The van der Waals surface area contributed by atoms with Gasteiger partial charge in [-0.15, -0.1) is 0 Å². The summed E-state index contributed by atoms with van der Waals surface area (Å²) in [6.45, 7) is 3.33. The zero-order valence-corrected chi connectivity index (χ0v) is 13.7. The lowest BCUT2D eigenvalue weighted by Gasteiger charge is -2.59. The van der Waals surface area contributed by atoms with Crippen molar-refractivity contribution >= 4 is 11.6 Å². The van der Waals surface area contributed by atoms with Crippen molar-refractivity contribution in [3.8, 4) is 0 Å². The van der Waals surface area contributed by atoms with Crippen molar-refractivity contribution in [2.45, 2.75) is 58.0 Å². The van der Waals surface area contributed by atoms with E-state index in [9.17, 15) is 0 Å². The summed E-state index contributed by atoms with van der Waals surface area (Å²) >= 11 is 6.29. The van der Waals surface area contributed by atoms with E-state index in [0.29, 0.717) is 11.5 Å². The number of hydrogen-bond acceptors (Lipinski definition) is 1. The average molecular weight is 304 g/mol. The predicted octanol–water partition coefficient (Wildman–Crippen LogP) is 5.03. The highest BCUT2D eigenvalue weighted by Gasteiger charge is 2.52. The second-order valence-electron chi connectivity index (χ2n) is 7.97. The molecule has 4 aliphatic rings. The van der Waals surface area contributed by atoms with Crippen LogP contribution in [0.3, 0.4) is 0 Å². The molecule has 1 aromatic rings. The molecular weight excluding hydrogens is 278 g/mol. The normalized spacial score (nSPS) is 38.7. The van der Waals surface area contributed by atoms with Gasteiger partial charge in [0.1, 0.15) is 0 Å². The Morgan fingerprint density at radius 2 is 1.67 bits per heavy atom. The van der Waals surface area contributed by atoms with E-state index in [-0.39, 0.29) is 0 Å². The molecule has 0 aliphatic heterocycles. The Kier molecular flexibility index (Phi) is 3.54. The molecule has 5 rings (SSSR count). The quantitative estimate of drug-likeness (QED) is 0.822. The first-order valence-electron chi connectivity index (χ1n) is 8.61. The Balaban J connectivity index is 1.45. The maximum absolute atomic E-state index is 6.29. The van der Waals surface area contributed by atoms with E-state index in [1.165, 1.54) is 44.1 Å². The van der Waals surface area contributed by atoms with Crippen molar-refractivity contribution in [2.24, 2.45) is 23.2 Å². The molecule has 1 aromatic carbocycles. The number of rotatable bonds is 4. The van der Waals surface area contributed by atoms with E-state index in [4.69, 9.17) is 11.6 Å². The van der Waals surface area contributed by atoms with Crippen LogP contribution in [0, 0.1) is 23.2 Å². The maximum atomic E-state index is 6.29. The first-order valence-corrected chi connectivity index (χ1v) is 8.99. The summed E-state index contributed by atoms with van der Waals surface area (Å²) in [6, 6.07) is 8.84. The molecule has 4 aliphatic carbocycles. The Hall–Kier alpha value is -0.530. The molecule has 2 heteroatoms. The van der Waals surface area contributed by atoms with Gasteiger partial charge in [-0.1, -0.05) is 29.8 Å². The van der Waals surface area contributed by atoms with Gasteiger partial charge >= 0.3 is 0 Å². The average Bonchev–Trinajstić information content (AvgIpc) is 2.44. The summed E-state index contributed by atoms with van der Waals surface area (Å²) < 4.78 is 0. The largest absolute Gasteiger partial charge is 0.310 e. The Bertz CT molecular complexity index is 489. The molecule has 0 spiro atoms. The van der Waals surface area contributed by atoms with Crippen LogP contribution in [0.25, 0.3) is 0 Å². The predicted molar refractivity (Wildman–Crippen MR) is 88.4 cm³/mol. The maximum Gasteiger partial charge on any atom is 0.0450 e. The lowest BCUT2D eigenvalue weighted by Crippen LogP contribution is -2.54. The van der Waals surface area contributed by atoms with Crippen molar-refractivity contribution in [2.75, 3.05) is 0 Å². The van der Waals surface area contributed by atoms with Gasteiger partial charge in [-0.3, -0.25) is 0 Å². The van der Waals surface area contributed by atoms with E-state index < -0.39 is 0 Å². The summed E-state index contributed by atoms with van der Waals surface area (Å²) in [7, 11) is 0. The smallest absolute Gasteiger partial charge is 0.0450 e. The summed E-state index contributed by atoms with van der Waals surface area (Å²) in [4.78, 5) is 0. The van der Waals surface area contributed by atoms with E-state index >= 15 is 0 Å². The molecule has 114 valence electrons. The summed E-state index contributed by atoms with van der Waals surface area (Å²) in [5.74, 6) is 3.09. The fourth-order valence-electron chi connectivity index (χ4n) is 5.83. The minimum Gasteiger partial charge on any atom is -0.310 e. The third-order valence-electron chi connectivity index (χ3n) is 6.56. The van der Waals surface area contributed by atoms with E-state index in [1.807, 2.05) is 12.1 Å². The number of nitrogens with one attached hydrogen (secondary N) is 1. The molecule has 4 fully saturated rings. The number of halogens is 1. The standard InChI is InChI=1S/C19H26ClN/c1-13(21-12-17-4-2-3-5-18(17)20)19-9-14-6-15(10-19)8-16(7-14)11-19/h2-5,13-16,21H,6-12H2,1H3/t13-,14?,15?,16?,19?/m1/s1. The van der Waals surface area contributed by atoms with Crippen molar-refractivity contribution in [1.82, 2.24) is 5.32 Å². The van der Waals surface area contributed by atoms with E-state index in [0.717, 1.165) is 29.3 Å². The summed E-state index contributed by atoms with van der Waals surface area (Å²) in [5.41, 5.74) is 1.81. The van der Waals surface area contributed by atoms with Gasteiger partial charge in [0.15, 0.2) is 0 Å². The van der Waals surface area contributed by atoms with Crippen LogP contribution in [-0.4, -0.2) is 6.04 Å². The van der Waals surface area contributed by atoms with Gasteiger partial charge in [0.05, 0.1) is 0 Å². The fourth-order valence-corrected chi connectivity index (χ4v) is 6.03. The van der Waals surface area contributed by atoms with Gasteiger partial charge in [0.25, 0.3) is 0 Å². The molecule has 1 nitrogen and oxygen atoms in total. The second-order valence-corrected chi connectivity index (χ2v) is 8.38. The SMILES string of the molecule is C[C@@H](NCc1ccccc1Cl)C12CC3CC(CC(C3)C1)C2. The number of hydrogen-bond donors (Lipinski definition) is 1. The van der Waals surface area contributed by atoms with Crippen LogP contribution < -0.4 is 5.32 Å². The third kappa shape index (κ3) is 2.53. The van der Waals surface area contributed by atoms with Crippen LogP contribution in [0.4, 0.5) is 0 Å². The first kappa shape index (κ1) is 14.1. The Morgan fingerprint density at radius 1 is 1.10 bits per heavy atom. The van der Waals surface area contributed by atoms with Crippen LogP contribution in [0.5, 0.6) is 0 Å². The topological polar surface area (TPSA) is 12.0 Å². The van der Waals surface area contributed by atoms with E-state index in [2.05, 4.69) is 24.4 Å². The van der Waals surface area contributed by atoms with Gasteiger partial charge in [0, 0.05) is 17.6 Å². The fraction of sp³-hybridized carbons (Fsp3) is 0.684. The lowest BCUT2D eigenvalue weighted by atomic mass is 9.48. The zero-order chi connectivity index (χ0) is 14.4. The molecule has 4 saturated carbocycles. The van der Waals surface area contributed by atoms with Crippen LogP contribution >= 0.6 is 11.6 Å². The van der Waals surface area contributed by atoms with Gasteiger partial charge < -0.3 is 5.32 Å². The molecule has 0 saturated heterocycles. The minimum atomic E-state index is 0.579. The van der Waals surface area contributed by atoms with Crippen LogP contribution in [0.15, 0.2) is 24.3 Å². The summed E-state index contributed by atoms with van der Waals surface area (Å²) in [6.07, 6.45) is 8.98. The molecule has 0 aromatic heterocycles. The second kappa shape index (κ2) is 5.28. The Labute approximate surface area is 133 Å².